The summed E-state index contributed by atoms with van der Waals surface area (Å²) in [5.74, 6) is 0.394. The van der Waals surface area contributed by atoms with Gasteiger partial charge in [0.15, 0.2) is 0 Å². The SMILES string of the molecule is CC(C)c1ccc(/C=C/C(=O)NCc2cccc(-c3nc(-c4ccccc4)cs3)c2)cc1. The molecular formula is C28H26N2OS. The van der Waals surface area contributed by atoms with Gasteiger partial charge in [-0.05, 0) is 34.8 Å². The van der Waals surface area contributed by atoms with Crippen molar-refractivity contribution in [2.24, 2.45) is 0 Å². The third-order valence-electron chi connectivity index (χ3n) is 5.24. The van der Waals surface area contributed by atoms with Gasteiger partial charge in [-0.2, -0.15) is 0 Å². The summed E-state index contributed by atoms with van der Waals surface area (Å²) in [5, 5.41) is 6.02. The van der Waals surface area contributed by atoms with Gasteiger partial charge in [-0.25, -0.2) is 4.98 Å². The van der Waals surface area contributed by atoms with Crippen molar-refractivity contribution in [2.45, 2.75) is 26.3 Å². The first-order valence-corrected chi connectivity index (χ1v) is 11.6. The Kier molecular flexibility index (Phi) is 6.93. The van der Waals surface area contributed by atoms with Crippen LogP contribution in [0.15, 0.2) is 90.3 Å². The molecule has 1 aromatic heterocycles. The van der Waals surface area contributed by atoms with Crippen molar-refractivity contribution < 1.29 is 4.79 Å². The summed E-state index contributed by atoms with van der Waals surface area (Å²) in [6.07, 6.45) is 3.43. The number of benzene rings is 3. The van der Waals surface area contributed by atoms with E-state index in [9.17, 15) is 4.79 Å². The van der Waals surface area contributed by atoms with E-state index in [0.717, 1.165) is 33.0 Å². The maximum Gasteiger partial charge on any atom is 0.244 e. The fraction of sp³-hybridized carbons (Fsp3) is 0.143. The summed E-state index contributed by atoms with van der Waals surface area (Å²) in [4.78, 5) is 17.1. The summed E-state index contributed by atoms with van der Waals surface area (Å²) < 4.78 is 0. The van der Waals surface area contributed by atoms with Crippen LogP contribution in [0, 0.1) is 0 Å². The van der Waals surface area contributed by atoms with E-state index < -0.39 is 0 Å². The van der Waals surface area contributed by atoms with Gasteiger partial charge in [0.1, 0.15) is 5.01 Å². The maximum atomic E-state index is 12.3. The molecule has 3 aromatic carbocycles. The van der Waals surface area contributed by atoms with Crippen LogP contribution in [0.1, 0.15) is 36.5 Å². The molecule has 160 valence electrons. The molecule has 4 aromatic rings. The van der Waals surface area contributed by atoms with E-state index in [1.165, 1.54) is 5.56 Å². The lowest BCUT2D eigenvalue weighted by molar-refractivity contribution is -0.116. The molecule has 0 aliphatic heterocycles. The van der Waals surface area contributed by atoms with Gasteiger partial charge in [0.2, 0.25) is 5.91 Å². The van der Waals surface area contributed by atoms with Crippen LogP contribution in [0.4, 0.5) is 0 Å². The molecule has 0 saturated heterocycles. The largest absolute Gasteiger partial charge is 0.348 e. The Morgan fingerprint density at radius 2 is 1.72 bits per heavy atom. The Morgan fingerprint density at radius 3 is 2.47 bits per heavy atom. The number of hydrogen-bond donors (Lipinski definition) is 1. The Bertz CT molecular complexity index is 1210. The lowest BCUT2D eigenvalue weighted by Crippen LogP contribution is -2.20. The van der Waals surface area contributed by atoms with Gasteiger partial charge in [-0.3, -0.25) is 4.79 Å². The van der Waals surface area contributed by atoms with Gasteiger partial charge in [0.25, 0.3) is 0 Å². The fourth-order valence-corrected chi connectivity index (χ4v) is 4.20. The Labute approximate surface area is 193 Å². The normalized spacial score (nSPS) is 11.2. The van der Waals surface area contributed by atoms with Gasteiger partial charge in [-0.15, -0.1) is 11.3 Å². The molecule has 1 heterocycles. The molecule has 0 unspecified atom stereocenters. The zero-order chi connectivity index (χ0) is 22.3. The summed E-state index contributed by atoms with van der Waals surface area (Å²) in [5.41, 5.74) is 6.51. The molecule has 0 aliphatic carbocycles. The second-order valence-electron chi connectivity index (χ2n) is 7.98. The van der Waals surface area contributed by atoms with E-state index in [4.69, 9.17) is 4.98 Å². The smallest absolute Gasteiger partial charge is 0.244 e. The minimum Gasteiger partial charge on any atom is -0.348 e. The lowest BCUT2D eigenvalue weighted by atomic mass is 10.0. The molecule has 0 spiro atoms. The van der Waals surface area contributed by atoms with Crippen LogP contribution < -0.4 is 5.32 Å². The van der Waals surface area contributed by atoms with Crippen molar-refractivity contribution in [3.05, 3.63) is 107 Å². The van der Waals surface area contributed by atoms with Crippen LogP contribution in [0.25, 0.3) is 27.9 Å². The van der Waals surface area contributed by atoms with E-state index in [1.807, 2.05) is 48.5 Å². The van der Waals surface area contributed by atoms with Gasteiger partial charge in [0, 0.05) is 29.1 Å². The lowest BCUT2D eigenvalue weighted by Gasteiger charge is -2.05. The first-order chi connectivity index (χ1) is 15.6. The first kappa shape index (κ1) is 21.7. The van der Waals surface area contributed by atoms with Crippen LogP contribution >= 0.6 is 11.3 Å². The van der Waals surface area contributed by atoms with E-state index in [0.29, 0.717) is 12.5 Å². The Hall–Kier alpha value is -3.50. The summed E-state index contributed by atoms with van der Waals surface area (Å²) in [6, 6.07) is 26.6. The van der Waals surface area contributed by atoms with Crippen molar-refractivity contribution >= 4 is 23.3 Å². The monoisotopic (exact) mass is 438 g/mol. The van der Waals surface area contributed by atoms with Crippen molar-refractivity contribution in [1.82, 2.24) is 10.3 Å². The van der Waals surface area contributed by atoms with Crippen LogP contribution in [0.3, 0.4) is 0 Å². The van der Waals surface area contributed by atoms with Gasteiger partial charge < -0.3 is 5.32 Å². The minimum absolute atomic E-state index is 0.107. The number of amides is 1. The molecule has 0 fully saturated rings. The highest BCUT2D eigenvalue weighted by atomic mass is 32.1. The van der Waals surface area contributed by atoms with Gasteiger partial charge in [-0.1, -0.05) is 86.6 Å². The highest BCUT2D eigenvalue weighted by Gasteiger charge is 2.07. The zero-order valence-corrected chi connectivity index (χ0v) is 19.1. The molecule has 1 N–H and O–H groups in total. The third kappa shape index (κ3) is 5.59. The molecule has 3 nitrogen and oxygen atoms in total. The number of rotatable bonds is 7. The quantitative estimate of drug-likeness (QED) is 0.318. The van der Waals surface area contributed by atoms with Crippen molar-refractivity contribution in [1.29, 1.82) is 0 Å². The van der Waals surface area contributed by atoms with Crippen LogP contribution in [-0.2, 0) is 11.3 Å². The second-order valence-corrected chi connectivity index (χ2v) is 8.83. The van der Waals surface area contributed by atoms with Crippen molar-refractivity contribution in [3.8, 4) is 21.8 Å². The molecule has 1 amide bonds. The standard InChI is InChI=1S/C28H26N2OS/c1-20(2)23-14-11-21(12-15-23)13-16-27(31)29-18-22-7-6-10-25(17-22)28-30-26(19-32-28)24-8-4-3-5-9-24/h3-17,19-20H,18H2,1-2H3,(H,29,31)/b16-13+. The Balaban J connectivity index is 1.37. The summed E-state index contributed by atoms with van der Waals surface area (Å²) in [6.45, 7) is 4.81. The highest BCUT2D eigenvalue weighted by Crippen LogP contribution is 2.29. The molecule has 0 aliphatic rings. The van der Waals surface area contributed by atoms with Crippen molar-refractivity contribution in [2.75, 3.05) is 0 Å². The highest BCUT2D eigenvalue weighted by molar-refractivity contribution is 7.13. The number of aromatic nitrogens is 1. The average molecular weight is 439 g/mol. The first-order valence-electron chi connectivity index (χ1n) is 10.7. The molecular weight excluding hydrogens is 412 g/mol. The van der Waals surface area contributed by atoms with E-state index in [1.54, 1.807) is 17.4 Å². The summed E-state index contributed by atoms with van der Waals surface area (Å²) >= 11 is 1.63. The number of nitrogens with zero attached hydrogens (tertiary/aromatic N) is 1. The number of carbonyl (C=O) groups excluding carboxylic acids is 1. The van der Waals surface area contributed by atoms with E-state index >= 15 is 0 Å². The predicted octanol–water partition coefficient (Wildman–Crippen LogP) is 6.93. The van der Waals surface area contributed by atoms with Gasteiger partial charge >= 0.3 is 0 Å². The Morgan fingerprint density at radius 1 is 0.969 bits per heavy atom. The molecule has 32 heavy (non-hydrogen) atoms. The molecule has 0 radical (unpaired) electrons. The molecule has 4 rings (SSSR count). The van der Waals surface area contributed by atoms with Crippen LogP contribution in [-0.4, -0.2) is 10.9 Å². The van der Waals surface area contributed by atoms with Crippen LogP contribution in [0.5, 0.6) is 0 Å². The number of nitrogens with one attached hydrogen (secondary N) is 1. The molecule has 4 heteroatoms. The average Bonchev–Trinajstić information content (AvgIpc) is 3.33. The second kappa shape index (κ2) is 10.2. The minimum atomic E-state index is -0.107. The fourth-order valence-electron chi connectivity index (χ4n) is 3.37. The molecule has 0 atom stereocenters. The maximum absolute atomic E-state index is 12.3. The number of thiazole rings is 1. The third-order valence-corrected chi connectivity index (χ3v) is 6.14. The topological polar surface area (TPSA) is 42.0 Å². The summed E-state index contributed by atoms with van der Waals surface area (Å²) in [7, 11) is 0. The predicted molar refractivity (Wildman–Crippen MR) is 134 cm³/mol. The number of carbonyl (C=O) groups is 1. The van der Waals surface area contributed by atoms with Gasteiger partial charge in [0.05, 0.1) is 5.69 Å². The molecule has 0 bridgehead atoms. The van der Waals surface area contributed by atoms with E-state index in [-0.39, 0.29) is 5.91 Å². The van der Waals surface area contributed by atoms with Crippen molar-refractivity contribution in [3.63, 3.8) is 0 Å². The zero-order valence-electron chi connectivity index (χ0n) is 18.3. The number of hydrogen-bond acceptors (Lipinski definition) is 3. The van der Waals surface area contributed by atoms with Crippen LogP contribution in [0.2, 0.25) is 0 Å². The van der Waals surface area contributed by atoms with E-state index in [2.05, 4.69) is 60.9 Å². The molecule has 0 saturated carbocycles.